The summed E-state index contributed by atoms with van der Waals surface area (Å²) in [5.74, 6) is 1.64. The fourth-order valence-corrected chi connectivity index (χ4v) is 6.74. The maximum Gasteiger partial charge on any atom is 0.506 e. The molecule has 2 aromatic heterocycles. The van der Waals surface area contributed by atoms with Gasteiger partial charge in [0.25, 0.3) is 0 Å². The van der Waals surface area contributed by atoms with Gasteiger partial charge in [0.2, 0.25) is 0 Å². The molecule has 0 spiro atoms. The number of carbonyl (C=O) groups is 1. The average Bonchev–Trinajstić information content (AvgIpc) is 3.36. The van der Waals surface area contributed by atoms with Gasteiger partial charge >= 0.3 is 6.16 Å². The number of carboxylic acid groups (broad SMARTS) is 1. The monoisotopic (exact) mass is 536 g/mol. The van der Waals surface area contributed by atoms with E-state index in [0.29, 0.717) is 35.7 Å². The van der Waals surface area contributed by atoms with Crippen molar-refractivity contribution in [3.63, 3.8) is 0 Å². The SMILES string of the molecule is COc1ccc2ncc(Cl)c(C(O)CCC3CCN(CCSc4cccs4)CC3OC(=O)O)c2c1. The smallest absolute Gasteiger partial charge is 0.497 e. The molecule has 1 fully saturated rings. The van der Waals surface area contributed by atoms with Gasteiger partial charge in [-0.05, 0) is 61.4 Å². The lowest BCUT2D eigenvalue weighted by atomic mass is 9.87. The predicted octanol–water partition coefficient (Wildman–Crippen LogP) is 5.95. The maximum absolute atomic E-state index is 11.4. The Bertz CT molecular complexity index is 1130. The number of thioether (sulfide) groups is 1. The minimum Gasteiger partial charge on any atom is -0.497 e. The number of aliphatic hydroxyl groups excluding tert-OH is 1. The van der Waals surface area contributed by atoms with E-state index in [9.17, 15) is 15.0 Å². The molecule has 3 atom stereocenters. The van der Waals surface area contributed by atoms with Gasteiger partial charge in [0, 0.05) is 36.0 Å². The van der Waals surface area contributed by atoms with E-state index >= 15 is 0 Å². The Kier molecular flexibility index (Phi) is 9.13. The molecule has 1 saturated heterocycles. The fraction of sp³-hybridized carbons (Fsp3) is 0.440. The Labute approximate surface area is 218 Å². The molecular weight excluding hydrogens is 508 g/mol. The number of aliphatic hydroxyl groups is 1. The van der Waals surface area contributed by atoms with Gasteiger partial charge in [0.05, 0.1) is 28.0 Å². The van der Waals surface area contributed by atoms with Gasteiger partial charge in [-0.3, -0.25) is 9.88 Å². The van der Waals surface area contributed by atoms with Crippen molar-refractivity contribution < 1.29 is 24.5 Å². The van der Waals surface area contributed by atoms with E-state index in [1.165, 1.54) is 4.21 Å². The first kappa shape index (κ1) is 26.0. The minimum atomic E-state index is -1.26. The maximum atomic E-state index is 11.4. The first-order valence-corrected chi connectivity index (χ1v) is 13.8. The lowest BCUT2D eigenvalue weighted by Gasteiger charge is -2.37. The zero-order valence-corrected chi connectivity index (χ0v) is 21.8. The Morgan fingerprint density at radius 1 is 1.40 bits per heavy atom. The van der Waals surface area contributed by atoms with Crippen LogP contribution >= 0.6 is 34.7 Å². The van der Waals surface area contributed by atoms with Gasteiger partial charge in [0.1, 0.15) is 11.9 Å². The third kappa shape index (κ3) is 6.80. The number of hydrogen-bond donors (Lipinski definition) is 2. The van der Waals surface area contributed by atoms with E-state index in [-0.39, 0.29) is 5.92 Å². The summed E-state index contributed by atoms with van der Waals surface area (Å²) in [4.78, 5) is 18.0. The number of methoxy groups -OCH3 is 1. The molecule has 7 nitrogen and oxygen atoms in total. The molecule has 3 aromatic rings. The highest BCUT2D eigenvalue weighted by Gasteiger charge is 2.32. The highest BCUT2D eigenvalue weighted by Crippen LogP contribution is 2.36. The lowest BCUT2D eigenvalue weighted by molar-refractivity contribution is -0.0223. The van der Waals surface area contributed by atoms with Crippen LogP contribution in [0, 0.1) is 5.92 Å². The highest BCUT2D eigenvalue weighted by molar-refractivity contribution is 8.01. The van der Waals surface area contributed by atoms with Crippen LogP contribution < -0.4 is 4.74 Å². The van der Waals surface area contributed by atoms with Crippen LogP contribution in [0.1, 0.15) is 30.9 Å². The summed E-state index contributed by atoms with van der Waals surface area (Å²) < 4.78 is 11.9. The predicted molar refractivity (Wildman–Crippen MR) is 140 cm³/mol. The molecule has 10 heteroatoms. The molecule has 3 unspecified atom stereocenters. The average molecular weight is 537 g/mol. The number of likely N-dealkylation sites (tertiary alicyclic amines) is 1. The van der Waals surface area contributed by atoms with E-state index < -0.39 is 18.4 Å². The third-order valence-electron chi connectivity index (χ3n) is 6.39. The van der Waals surface area contributed by atoms with Gasteiger partial charge in [-0.15, -0.1) is 23.1 Å². The Morgan fingerprint density at radius 2 is 2.26 bits per heavy atom. The second kappa shape index (κ2) is 12.3. The number of pyridine rings is 1. The summed E-state index contributed by atoms with van der Waals surface area (Å²) in [5, 5.41) is 23.6. The van der Waals surface area contributed by atoms with E-state index in [1.807, 2.05) is 36.0 Å². The molecule has 1 aliphatic heterocycles. The minimum absolute atomic E-state index is 0.0309. The van der Waals surface area contributed by atoms with Crippen LogP contribution in [0.5, 0.6) is 5.75 Å². The van der Waals surface area contributed by atoms with Gasteiger partial charge < -0.3 is 19.7 Å². The molecule has 4 rings (SSSR count). The number of halogens is 1. The van der Waals surface area contributed by atoms with Gasteiger partial charge in [0.15, 0.2) is 0 Å². The Hall–Kier alpha value is -2.04. The summed E-state index contributed by atoms with van der Waals surface area (Å²) in [6.45, 7) is 2.31. The van der Waals surface area contributed by atoms with E-state index in [1.54, 1.807) is 24.6 Å². The van der Waals surface area contributed by atoms with Crippen LogP contribution in [0.3, 0.4) is 0 Å². The molecule has 0 aliphatic carbocycles. The van der Waals surface area contributed by atoms with Crippen molar-refractivity contribution in [3.8, 4) is 5.75 Å². The molecule has 35 heavy (non-hydrogen) atoms. The summed E-state index contributed by atoms with van der Waals surface area (Å²) in [7, 11) is 1.59. The number of ether oxygens (including phenoxy) is 2. The largest absolute Gasteiger partial charge is 0.506 e. The van der Waals surface area contributed by atoms with Crippen LogP contribution in [-0.2, 0) is 4.74 Å². The standard InChI is InChI=1S/C25H29ClN2O5S2/c1-32-17-5-6-20-18(13-17)24(19(26)14-27-20)21(29)7-4-16-8-9-28(15-22(16)33-25(30)31)10-12-35-23-3-2-11-34-23/h2-3,5-6,11,13-14,16,21-22,29H,4,7-10,12,15H2,1H3,(H,30,31). The van der Waals surface area contributed by atoms with Crippen molar-refractivity contribution in [2.75, 3.05) is 32.5 Å². The zero-order chi connectivity index (χ0) is 24.8. The topological polar surface area (TPSA) is 92.1 Å². The van der Waals surface area contributed by atoms with Crippen LogP contribution in [0.2, 0.25) is 5.02 Å². The number of aromatic nitrogens is 1. The first-order chi connectivity index (χ1) is 16.9. The number of rotatable bonds is 10. The van der Waals surface area contributed by atoms with Crippen LogP contribution in [0.25, 0.3) is 10.9 Å². The number of hydrogen-bond acceptors (Lipinski definition) is 8. The molecule has 188 valence electrons. The summed E-state index contributed by atoms with van der Waals surface area (Å²) in [6, 6.07) is 9.64. The van der Waals surface area contributed by atoms with E-state index in [2.05, 4.69) is 21.3 Å². The quantitative estimate of drug-likeness (QED) is 0.242. The second-order valence-electron chi connectivity index (χ2n) is 8.55. The van der Waals surface area contributed by atoms with Crippen LogP contribution in [0.15, 0.2) is 46.1 Å². The third-order valence-corrected chi connectivity index (χ3v) is 8.80. The molecule has 0 bridgehead atoms. The Balaban J connectivity index is 1.39. The highest BCUT2D eigenvalue weighted by atomic mass is 35.5. The molecule has 0 radical (unpaired) electrons. The molecule has 0 saturated carbocycles. The fourth-order valence-electron chi connectivity index (χ4n) is 4.60. The van der Waals surface area contributed by atoms with Crippen molar-refractivity contribution in [1.82, 2.24) is 9.88 Å². The normalized spacial score (nSPS) is 19.5. The van der Waals surface area contributed by atoms with Crippen molar-refractivity contribution in [2.45, 2.75) is 35.7 Å². The number of fused-ring (bicyclic) bond motifs is 1. The first-order valence-electron chi connectivity index (χ1n) is 11.5. The zero-order valence-electron chi connectivity index (χ0n) is 19.4. The molecule has 1 aromatic carbocycles. The number of nitrogens with zero attached hydrogens (tertiary/aromatic N) is 2. The second-order valence-corrected chi connectivity index (χ2v) is 11.3. The summed E-state index contributed by atoms with van der Waals surface area (Å²) in [6.07, 6.45) is 0.932. The summed E-state index contributed by atoms with van der Waals surface area (Å²) >= 11 is 9.98. The van der Waals surface area contributed by atoms with Crippen molar-refractivity contribution >= 4 is 51.8 Å². The molecular formula is C25H29ClN2O5S2. The van der Waals surface area contributed by atoms with Crippen molar-refractivity contribution in [1.29, 1.82) is 0 Å². The number of piperidine rings is 1. The molecule has 3 heterocycles. The Morgan fingerprint density at radius 3 is 3.00 bits per heavy atom. The van der Waals surface area contributed by atoms with Crippen molar-refractivity contribution in [2.24, 2.45) is 5.92 Å². The molecule has 0 amide bonds. The van der Waals surface area contributed by atoms with Crippen LogP contribution in [0.4, 0.5) is 4.79 Å². The lowest BCUT2D eigenvalue weighted by Crippen LogP contribution is -2.46. The molecule has 2 N–H and O–H groups in total. The van der Waals surface area contributed by atoms with E-state index in [4.69, 9.17) is 21.1 Å². The number of thiophene rings is 1. The number of benzene rings is 1. The van der Waals surface area contributed by atoms with Gasteiger partial charge in [-0.2, -0.15) is 0 Å². The summed E-state index contributed by atoms with van der Waals surface area (Å²) in [5.41, 5.74) is 1.35. The van der Waals surface area contributed by atoms with E-state index in [0.717, 1.165) is 36.2 Å². The van der Waals surface area contributed by atoms with Gasteiger partial charge in [-0.25, -0.2) is 4.79 Å². The van der Waals surface area contributed by atoms with Gasteiger partial charge in [-0.1, -0.05) is 17.7 Å². The van der Waals surface area contributed by atoms with Crippen LogP contribution in [-0.4, -0.2) is 64.9 Å². The van der Waals surface area contributed by atoms with Crippen molar-refractivity contribution in [3.05, 3.63) is 52.5 Å². The molecule has 1 aliphatic rings.